The van der Waals surface area contributed by atoms with Gasteiger partial charge in [0.05, 0.1) is 22.8 Å². The van der Waals surface area contributed by atoms with Crippen LogP contribution in [0.1, 0.15) is 21.5 Å². The quantitative estimate of drug-likeness (QED) is 0.246. The predicted octanol–water partition coefficient (Wildman–Crippen LogP) is 6.15. The average molecular weight is 587 g/mol. The number of amides is 1. The number of aromatic nitrogens is 4. The molecule has 9 nitrogen and oxygen atoms in total. The number of H-pyrrole nitrogens is 1. The number of aryl methyl sites for hydroxylation is 1. The summed E-state index contributed by atoms with van der Waals surface area (Å²) in [6, 6.07) is 17.9. The lowest BCUT2D eigenvalue weighted by Crippen LogP contribution is -2.44. The van der Waals surface area contributed by atoms with Gasteiger partial charge in [-0.2, -0.15) is 18.3 Å². The van der Waals surface area contributed by atoms with Crippen molar-refractivity contribution in [2.24, 2.45) is 0 Å². The molecule has 2 aromatic heterocycles. The number of rotatable bonds is 6. The zero-order valence-electron chi connectivity index (χ0n) is 23.6. The van der Waals surface area contributed by atoms with E-state index in [1.54, 1.807) is 18.3 Å². The van der Waals surface area contributed by atoms with Crippen LogP contribution in [0.2, 0.25) is 0 Å². The normalized spacial score (nSPS) is 14.2. The van der Waals surface area contributed by atoms with E-state index in [0.717, 1.165) is 60.9 Å². The molecule has 1 aliphatic heterocycles. The van der Waals surface area contributed by atoms with Crippen LogP contribution < -0.4 is 15.1 Å². The number of nitrogens with zero attached hydrogens (tertiary/aromatic N) is 6. The van der Waals surface area contributed by atoms with E-state index in [1.165, 1.54) is 18.5 Å². The second kappa shape index (κ2) is 11.4. The van der Waals surface area contributed by atoms with E-state index in [2.05, 4.69) is 54.5 Å². The van der Waals surface area contributed by atoms with Crippen LogP contribution in [0.5, 0.6) is 0 Å². The van der Waals surface area contributed by atoms with E-state index in [0.29, 0.717) is 22.5 Å². The fourth-order valence-electron chi connectivity index (χ4n) is 5.15. The molecule has 1 amide bonds. The van der Waals surface area contributed by atoms with Gasteiger partial charge in [0.15, 0.2) is 11.5 Å². The molecule has 0 unspecified atom stereocenters. The predicted molar refractivity (Wildman–Crippen MR) is 160 cm³/mol. The molecule has 1 saturated heterocycles. The van der Waals surface area contributed by atoms with E-state index in [9.17, 15) is 18.0 Å². The smallest absolute Gasteiger partial charge is 0.369 e. The number of hydrogen-bond donors (Lipinski definition) is 2. The maximum Gasteiger partial charge on any atom is 0.416 e. The van der Waals surface area contributed by atoms with Crippen LogP contribution in [-0.4, -0.2) is 64.2 Å². The monoisotopic (exact) mass is 586 g/mol. The Morgan fingerprint density at radius 1 is 0.977 bits per heavy atom. The Morgan fingerprint density at radius 2 is 1.74 bits per heavy atom. The lowest BCUT2D eigenvalue weighted by Gasteiger charge is -2.34. The highest BCUT2D eigenvalue weighted by atomic mass is 19.4. The maximum atomic E-state index is 13.2. The highest BCUT2D eigenvalue weighted by Gasteiger charge is 2.31. The molecule has 1 fully saturated rings. The van der Waals surface area contributed by atoms with Crippen LogP contribution in [0, 0.1) is 6.92 Å². The molecule has 0 saturated carbocycles. The molecule has 0 atom stereocenters. The van der Waals surface area contributed by atoms with Crippen molar-refractivity contribution in [3.8, 4) is 0 Å². The van der Waals surface area contributed by atoms with E-state index in [-0.39, 0.29) is 5.56 Å². The van der Waals surface area contributed by atoms with Crippen molar-refractivity contribution >= 4 is 45.5 Å². The van der Waals surface area contributed by atoms with Gasteiger partial charge in [0.25, 0.3) is 5.91 Å². The van der Waals surface area contributed by atoms with Crippen LogP contribution in [0.15, 0.2) is 79.3 Å². The molecule has 0 aliphatic carbocycles. The van der Waals surface area contributed by atoms with Crippen molar-refractivity contribution < 1.29 is 18.0 Å². The van der Waals surface area contributed by atoms with Crippen molar-refractivity contribution in [3.63, 3.8) is 0 Å². The lowest BCUT2D eigenvalue weighted by atomic mass is 10.1. The summed E-state index contributed by atoms with van der Waals surface area (Å²) in [6.45, 7) is 5.80. The van der Waals surface area contributed by atoms with Crippen LogP contribution in [0.25, 0.3) is 11.0 Å². The van der Waals surface area contributed by atoms with E-state index in [1.807, 2.05) is 30.0 Å². The molecule has 6 rings (SSSR count). The minimum absolute atomic E-state index is 0.0933. The third kappa shape index (κ3) is 5.86. The number of hydrogen-bond acceptors (Lipinski definition) is 7. The van der Waals surface area contributed by atoms with Gasteiger partial charge in [-0.15, -0.1) is 0 Å². The summed E-state index contributed by atoms with van der Waals surface area (Å²) in [5.74, 6) is -0.0706. The zero-order valence-corrected chi connectivity index (χ0v) is 23.6. The molecule has 220 valence electrons. The van der Waals surface area contributed by atoms with Crippen molar-refractivity contribution in [3.05, 3.63) is 95.9 Å². The Morgan fingerprint density at radius 3 is 2.49 bits per heavy atom. The number of nitrogens with one attached hydrogen (secondary N) is 2. The summed E-state index contributed by atoms with van der Waals surface area (Å²) in [6.07, 6.45) is -1.44. The number of fused-ring (bicyclic) bond motifs is 1. The minimum atomic E-state index is -4.55. The number of anilines is 5. The number of benzene rings is 3. The Balaban J connectivity index is 1.37. The van der Waals surface area contributed by atoms with Gasteiger partial charge in [0.1, 0.15) is 6.33 Å². The molecule has 0 bridgehead atoms. The number of alkyl halides is 3. The van der Waals surface area contributed by atoms with Crippen molar-refractivity contribution in [2.45, 2.75) is 13.1 Å². The zero-order chi connectivity index (χ0) is 30.1. The molecule has 0 radical (unpaired) electrons. The van der Waals surface area contributed by atoms with E-state index >= 15 is 0 Å². The molecule has 2 N–H and O–H groups in total. The fraction of sp³-hybridized carbons (Fsp3) is 0.226. The van der Waals surface area contributed by atoms with Gasteiger partial charge in [-0.1, -0.05) is 12.1 Å². The molecule has 3 aromatic carbocycles. The molecule has 43 heavy (non-hydrogen) atoms. The lowest BCUT2D eigenvalue weighted by molar-refractivity contribution is -0.137. The summed E-state index contributed by atoms with van der Waals surface area (Å²) in [5.41, 5.74) is 3.55. The van der Waals surface area contributed by atoms with E-state index < -0.39 is 17.6 Å². The molecule has 5 aromatic rings. The third-order valence-corrected chi connectivity index (χ3v) is 7.58. The first-order valence-corrected chi connectivity index (χ1v) is 13.7. The van der Waals surface area contributed by atoms with Gasteiger partial charge in [-0.25, -0.2) is 9.97 Å². The standard InChI is InChI=1S/C31H29F3N8O/c1-20-6-7-23(38-30(43)21-4-3-5-22(16-21)31(32,33)34)17-27(20)42(29-26-18-37-39-28(26)35-19-36-29)25-10-8-24(9-11-25)41-14-12-40(2)13-15-41/h3-11,16-19H,12-15H2,1-2H3,(H,38,43)(H,35,36,37,39). The number of carbonyl (C=O) groups is 1. The SMILES string of the molecule is Cc1ccc(NC(=O)c2cccc(C(F)(F)F)c2)cc1N(c1ccc(N2CCN(C)CC2)cc1)c1ncnc2[nH]ncc12. The van der Waals surface area contributed by atoms with Crippen LogP contribution >= 0.6 is 0 Å². The Kier molecular flexibility index (Phi) is 7.45. The van der Waals surface area contributed by atoms with Crippen LogP contribution in [0.3, 0.4) is 0 Å². The highest BCUT2D eigenvalue weighted by Crippen LogP contribution is 2.40. The third-order valence-electron chi connectivity index (χ3n) is 7.58. The number of piperazine rings is 1. The molecular weight excluding hydrogens is 557 g/mol. The molecule has 12 heteroatoms. The van der Waals surface area contributed by atoms with Gasteiger partial charge in [-0.05, 0) is 74.1 Å². The largest absolute Gasteiger partial charge is 0.416 e. The fourth-order valence-corrected chi connectivity index (χ4v) is 5.15. The van der Waals surface area contributed by atoms with E-state index in [4.69, 9.17) is 0 Å². The van der Waals surface area contributed by atoms with Crippen molar-refractivity contribution in [1.29, 1.82) is 0 Å². The second-order valence-electron chi connectivity index (χ2n) is 10.5. The number of carbonyl (C=O) groups excluding carboxylic acids is 1. The average Bonchev–Trinajstić information content (AvgIpc) is 3.49. The first-order valence-electron chi connectivity index (χ1n) is 13.7. The Labute approximate surface area is 246 Å². The summed E-state index contributed by atoms with van der Waals surface area (Å²) < 4.78 is 39.7. The van der Waals surface area contributed by atoms with Gasteiger partial charge in [-0.3, -0.25) is 14.8 Å². The summed E-state index contributed by atoms with van der Waals surface area (Å²) in [4.78, 5) is 28.5. The van der Waals surface area contributed by atoms with Crippen LogP contribution in [0.4, 0.5) is 41.7 Å². The second-order valence-corrected chi connectivity index (χ2v) is 10.5. The van der Waals surface area contributed by atoms with Gasteiger partial charge < -0.3 is 15.1 Å². The first-order chi connectivity index (χ1) is 20.7. The maximum absolute atomic E-state index is 13.2. The molecule has 0 spiro atoms. The molecule has 3 heterocycles. The highest BCUT2D eigenvalue weighted by molar-refractivity contribution is 6.05. The summed E-state index contributed by atoms with van der Waals surface area (Å²) in [5, 5.41) is 10.5. The summed E-state index contributed by atoms with van der Waals surface area (Å²) in [7, 11) is 2.12. The van der Waals surface area contributed by atoms with Crippen LogP contribution in [-0.2, 0) is 6.18 Å². The van der Waals surface area contributed by atoms with Gasteiger partial charge >= 0.3 is 6.18 Å². The Hall–Kier alpha value is -4.97. The van der Waals surface area contributed by atoms with Gasteiger partial charge in [0, 0.05) is 48.8 Å². The Bertz CT molecular complexity index is 1760. The van der Waals surface area contributed by atoms with Crippen molar-refractivity contribution in [2.75, 3.05) is 48.3 Å². The topological polar surface area (TPSA) is 93.3 Å². The first kappa shape index (κ1) is 28.2. The molecule has 1 aliphatic rings. The molecular formula is C31H29F3N8O. The number of aromatic amines is 1. The number of likely N-dealkylation sites (N-methyl/N-ethyl adjacent to an activating group) is 1. The minimum Gasteiger partial charge on any atom is -0.369 e. The van der Waals surface area contributed by atoms with Gasteiger partial charge in [0.2, 0.25) is 0 Å². The number of halogens is 3. The summed E-state index contributed by atoms with van der Waals surface area (Å²) >= 11 is 0. The van der Waals surface area contributed by atoms with Crippen molar-refractivity contribution in [1.82, 2.24) is 25.1 Å².